The number of rotatable bonds is 58. The maximum Gasteiger partial charge on any atom is 0.305 e. The lowest BCUT2D eigenvalue weighted by Crippen LogP contribution is -2.45. The fourth-order valence-corrected chi connectivity index (χ4v) is 9.57. The number of carbonyl (C=O) groups excluding carboxylic acids is 2. The molecule has 2 atom stereocenters. The van der Waals surface area contributed by atoms with Gasteiger partial charge in [0.05, 0.1) is 25.4 Å². The second kappa shape index (κ2) is 59.6. The van der Waals surface area contributed by atoms with Crippen molar-refractivity contribution in [1.82, 2.24) is 5.32 Å². The number of carbonyl (C=O) groups is 2. The van der Waals surface area contributed by atoms with E-state index in [9.17, 15) is 19.8 Å². The normalized spacial score (nSPS) is 12.8. The molecule has 0 aromatic heterocycles. The third-order valence-corrected chi connectivity index (χ3v) is 14.4. The Morgan fingerprint density at radius 3 is 1.04 bits per heavy atom. The zero-order chi connectivity index (χ0) is 50.7. The van der Waals surface area contributed by atoms with Gasteiger partial charge >= 0.3 is 5.97 Å². The minimum Gasteiger partial charge on any atom is -0.466 e. The van der Waals surface area contributed by atoms with Gasteiger partial charge in [-0.2, -0.15) is 0 Å². The van der Waals surface area contributed by atoms with Crippen molar-refractivity contribution in [2.75, 3.05) is 13.2 Å². The van der Waals surface area contributed by atoms with Gasteiger partial charge in [0, 0.05) is 12.8 Å². The van der Waals surface area contributed by atoms with Gasteiger partial charge < -0.3 is 20.3 Å². The number of amides is 1. The minimum absolute atomic E-state index is 0.00368. The number of unbranched alkanes of at least 4 members (excludes halogenated alkanes) is 43. The van der Waals surface area contributed by atoms with Crippen LogP contribution in [0.1, 0.15) is 335 Å². The minimum atomic E-state index is -0.845. The van der Waals surface area contributed by atoms with Crippen LogP contribution in [0.2, 0.25) is 0 Å². The highest BCUT2D eigenvalue weighted by Gasteiger charge is 2.18. The van der Waals surface area contributed by atoms with Gasteiger partial charge in [0.25, 0.3) is 0 Å². The van der Waals surface area contributed by atoms with Crippen LogP contribution in [0.4, 0.5) is 0 Å². The molecule has 0 bridgehead atoms. The topological polar surface area (TPSA) is 95.9 Å². The molecule has 0 aromatic rings. The first-order chi connectivity index (χ1) is 34.5. The second-order valence-corrected chi connectivity index (χ2v) is 21.4. The van der Waals surface area contributed by atoms with E-state index >= 15 is 0 Å². The molecule has 0 heterocycles. The van der Waals surface area contributed by atoms with Crippen LogP contribution in [-0.4, -0.2) is 47.4 Å². The van der Waals surface area contributed by atoms with Crippen LogP contribution < -0.4 is 5.32 Å². The quantitative estimate of drug-likeness (QED) is 0.0321. The fraction of sp³-hybridized carbons (Fsp3) is 0.875. The second-order valence-electron chi connectivity index (χ2n) is 21.4. The van der Waals surface area contributed by atoms with Crippen molar-refractivity contribution in [2.45, 2.75) is 347 Å². The summed E-state index contributed by atoms with van der Waals surface area (Å²) in [4.78, 5) is 24.5. The number of allylic oxidation sites excluding steroid dienone is 5. The van der Waals surface area contributed by atoms with Crippen molar-refractivity contribution in [3.8, 4) is 0 Å². The third-order valence-electron chi connectivity index (χ3n) is 14.4. The molecule has 70 heavy (non-hydrogen) atoms. The van der Waals surface area contributed by atoms with Gasteiger partial charge in [-0.1, -0.05) is 275 Å². The van der Waals surface area contributed by atoms with Gasteiger partial charge in [0.15, 0.2) is 0 Å². The average Bonchev–Trinajstić information content (AvgIpc) is 3.36. The smallest absolute Gasteiger partial charge is 0.305 e. The molecule has 0 saturated carbocycles. The molecule has 3 N–H and O–H groups in total. The maximum absolute atomic E-state index is 12.5. The zero-order valence-electron chi connectivity index (χ0n) is 47.0. The van der Waals surface area contributed by atoms with Crippen molar-refractivity contribution >= 4 is 11.9 Å². The summed E-state index contributed by atoms with van der Waals surface area (Å²) in [6.45, 7) is 4.89. The summed E-state index contributed by atoms with van der Waals surface area (Å²) in [6.07, 6.45) is 74.7. The van der Waals surface area contributed by atoms with Gasteiger partial charge in [0.1, 0.15) is 0 Å². The Bertz CT molecular complexity index is 1130. The summed E-state index contributed by atoms with van der Waals surface area (Å²) in [6, 6.07) is -0.629. The van der Waals surface area contributed by atoms with Crippen molar-refractivity contribution in [2.24, 2.45) is 0 Å². The third kappa shape index (κ3) is 55.4. The summed E-state index contributed by atoms with van der Waals surface area (Å²) in [5.41, 5.74) is 0. The Kier molecular flexibility index (Phi) is 58.0. The molecule has 6 heteroatoms. The van der Waals surface area contributed by atoms with E-state index in [0.29, 0.717) is 19.4 Å². The van der Waals surface area contributed by atoms with Crippen LogP contribution in [0.25, 0.3) is 0 Å². The number of aliphatic hydroxyl groups excluding tert-OH is 2. The molecule has 0 aliphatic carbocycles. The number of hydrogen-bond donors (Lipinski definition) is 3. The first-order valence-electron chi connectivity index (χ1n) is 31.3. The Morgan fingerprint density at radius 2 is 0.671 bits per heavy atom. The summed E-state index contributed by atoms with van der Waals surface area (Å²) >= 11 is 0. The van der Waals surface area contributed by atoms with Gasteiger partial charge in [-0.05, 0) is 83.5 Å². The van der Waals surface area contributed by atoms with Crippen LogP contribution in [0, 0.1) is 0 Å². The molecule has 0 radical (unpaired) electrons. The van der Waals surface area contributed by atoms with Gasteiger partial charge in [-0.25, -0.2) is 0 Å². The van der Waals surface area contributed by atoms with Gasteiger partial charge in [-0.3, -0.25) is 9.59 Å². The fourth-order valence-electron chi connectivity index (χ4n) is 9.57. The van der Waals surface area contributed by atoms with E-state index in [1.165, 1.54) is 263 Å². The molecular formula is C64H121NO5. The molecule has 0 aliphatic rings. The van der Waals surface area contributed by atoms with Gasteiger partial charge in [-0.15, -0.1) is 0 Å². The Hall–Kier alpha value is -1.92. The molecule has 0 aliphatic heterocycles. The molecule has 0 rings (SSSR count). The Labute approximate surface area is 436 Å². The van der Waals surface area contributed by atoms with Crippen molar-refractivity contribution in [1.29, 1.82) is 0 Å². The number of hydrogen-bond acceptors (Lipinski definition) is 5. The van der Waals surface area contributed by atoms with Crippen LogP contribution in [0.5, 0.6) is 0 Å². The largest absolute Gasteiger partial charge is 0.466 e. The SMILES string of the molecule is CCCCC/C=C\CCCCCCCC(=O)OCCCCCCCCCCCCCC/C=C\CCCCCCCCCCCCC(=O)NC(CO)C(O)/C=C/CCCCCCCCCCCCCCC. The number of esters is 1. The Morgan fingerprint density at radius 1 is 0.386 bits per heavy atom. The van der Waals surface area contributed by atoms with E-state index in [0.717, 1.165) is 44.9 Å². The summed E-state index contributed by atoms with van der Waals surface area (Å²) in [5, 5.41) is 23.1. The van der Waals surface area contributed by atoms with E-state index in [-0.39, 0.29) is 18.5 Å². The highest BCUT2D eigenvalue weighted by Crippen LogP contribution is 2.17. The van der Waals surface area contributed by atoms with Crippen LogP contribution in [0.15, 0.2) is 36.5 Å². The van der Waals surface area contributed by atoms with Crippen LogP contribution >= 0.6 is 0 Å². The van der Waals surface area contributed by atoms with E-state index in [2.05, 4.69) is 43.5 Å². The molecule has 6 nitrogen and oxygen atoms in total. The standard InChI is InChI=1S/C64H121NO5/c1-3-5-7-9-11-13-15-17-30-33-36-40-44-48-52-56-62(67)61(60-66)65-63(68)57-53-49-45-41-37-34-31-28-26-24-22-20-18-19-21-23-25-27-29-32-35-39-43-47-51-55-59-70-64(69)58-54-50-46-42-38-16-14-12-10-8-6-4-2/h12,14,18,20,52,56,61-62,66-67H,3-11,13,15-17,19,21-51,53-55,57-60H2,1-2H3,(H,65,68)/b14-12-,20-18-,56-52+. The molecule has 0 spiro atoms. The molecule has 1 amide bonds. The zero-order valence-corrected chi connectivity index (χ0v) is 47.0. The number of ether oxygens (including phenoxy) is 1. The van der Waals surface area contributed by atoms with Crippen molar-refractivity contribution in [3.05, 3.63) is 36.5 Å². The first kappa shape index (κ1) is 68.1. The molecular weight excluding hydrogens is 863 g/mol. The summed E-state index contributed by atoms with van der Waals surface area (Å²) < 4.78 is 5.47. The molecule has 2 unspecified atom stereocenters. The van der Waals surface area contributed by atoms with E-state index < -0.39 is 12.1 Å². The lowest BCUT2D eigenvalue weighted by atomic mass is 10.0. The maximum atomic E-state index is 12.5. The van der Waals surface area contributed by atoms with Crippen molar-refractivity contribution in [3.63, 3.8) is 0 Å². The summed E-state index contributed by atoms with van der Waals surface area (Å²) in [7, 11) is 0. The highest BCUT2D eigenvalue weighted by molar-refractivity contribution is 5.76. The molecule has 412 valence electrons. The van der Waals surface area contributed by atoms with Crippen LogP contribution in [-0.2, 0) is 14.3 Å². The Balaban J connectivity index is 3.42. The number of aliphatic hydroxyl groups is 2. The van der Waals surface area contributed by atoms with E-state index in [4.69, 9.17) is 4.74 Å². The molecule has 0 aromatic carbocycles. The first-order valence-corrected chi connectivity index (χ1v) is 31.3. The monoisotopic (exact) mass is 984 g/mol. The average molecular weight is 985 g/mol. The van der Waals surface area contributed by atoms with Gasteiger partial charge in [0.2, 0.25) is 5.91 Å². The molecule has 0 fully saturated rings. The van der Waals surface area contributed by atoms with Crippen molar-refractivity contribution < 1.29 is 24.5 Å². The lowest BCUT2D eigenvalue weighted by molar-refractivity contribution is -0.143. The predicted octanol–water partition coefficient (Wildman–Crippen LogP) is 19.6. The lowest BCUT2D eigenvalue weighted by Gasteiger charge is -2.20. The molecule has 0 saturated heterocycles. The predicted molar refractivity (Wildman–Crippen MR) is 306 cm³/mol. The van der Waals surface area contributed by atoms with Crippen LogP contribution in [0.3, 0.4) is 0 Å². The number of nitrogens with one attached hydrogen (secondary N) is 1. The summed E-state index contributed by atoms with van der Waals surface area (Å²) in [5.74, 6) is -0.0650. The van der Waals surface area contributed by atoms with E-state index in [1.807, 2.05) is 6.08 Å². The van der Waals surface area contributed by atoms with E-state index in [1.54, 1.807) is 6.08 Å². The highest BCUT2D eigenvalue weighted by atomic mass is 16.5.